The van der Waals surface area contributed by atoms with Crippen molar-refractivity contribution in [3.8, 4) is 17.2 Å². The molecule has 0 bridgehead atoms. The zero-order valence-corrected chi connectivity index (χ0v) is 14.3. The summed E-state index contributed by atoms with van der Waals surface area (Å²) in [7, 11) is 1.93. The summed E-state index contributed by atoms with van der Waals surface area (Å²) >= 11 is 0. The lowest BCUT2D eigenvalue weighted by atomic mass is 10.1. The summed E-state index contributed by atoms with van der Waals surface area (Å²) in [4.78, 5) is 2.31. The van der Waals surface area contributed by atoms with Crippen LogP contribution in [0.25, 0.3) is 0 Å². The SMILES string of the molecule is Cn1cc([C@H]2CCCN2C[C@@H](O)COc2ccc3c(c2)OCO3)cn1. The lowest BCUT2D eigenvalue weighted by Gasteiger charge is -2.26. The van der Waals surface area contributed by atoms with Crippen LogP contribution in [0.1, 0.15) is 24.4 Å². The number of aromatic nitrogens is 2. The second-order valence-electron chi connectivity index (χ2n) is 6.58. The molecule has 0 aliphatic carbocycles. The molecule has 0 saturated carbocycles. The first-order valence-corrected chi connectivity index (χ1v) is 8.62. The number of β-amino-alcohol motifs (C(OH)–C–C–N with tert-alkyl or cyclic N) is 1. The van der Waals surface area contributed by atoms with Crippen LogP contribution in [0.5, 0.6) is 17.2 Å². The summed E-state index contributed by atoms with van der Waals surface area (Å²) in [6.07, 6.45) is 5.65. The van der Waals surface area contributed by atoms with Crippen LogP contribution in [0.2, 0.25) is 0 Å². The van der Waals surface area contributed by atoms with Crippen molar-refractivity contribution in [1.29, 1.82) is 0 Å². The fourth-order valence-electron chi connectivity index (χ4n) is 3.52. The maximum atomic E-state index is 10.4. The Bertz CT molecular complexity index is 733. The third-order valence-corrected chi connectivity index (χ3v) is 4.70. The molecule has 2 aliphatic heterocycles. The number of ether oxygens (including phenoxy) is 3. The number of hydrogen-bond donors (Lipinski definition) is 1. The first kappa shape index (κ1) is 16.2. The Labute approximate surface area is 146 Å². The molecule has 1 saturated heterocycles. The summed E-state index contributed by atoms with van der Waals surface area (Å²) in [5.41, 5.74) is 1.21. The van der Waals surface area contributed by atoms with Gasteiger partial charge in [0.25, 0.3) is 0 Å². The molecule has 0 radical (unpaired) electrons. The fourth-order valence-corrected chi connectivity index (χ4v) is 3.52. The molecule has 1 aromatic heterocycles. The van der Waals surface area contributed by atoms with Crippen molar-refractivity contribution >= 4 is 0 Å². The van der Waals surface area contributed by atoms with Crippen molar-refractivity contribution < 1.29 is 19.3 Å². The first-order valence-electron chi connectivity index (χ1n) is 8.62. The van der Waals surface area contributed by atoms with Crippen molar-refractivity contribution in [2.45, 2.75) is 25.0 Å². The van der Waals surface area contributed by atoms with Gasteiger partial charge in [-0.1, -0.05) is 0 Å². The predicted octanol–water partition coefficient (Wildman–Crippen LogP) is 1.73. The molecule has 2 aliphatic rings. The van der Waals surface area contributed by atoms with Crippen molar-refractivity contribution in [3.05, 3.63) is 36.2 Å². The number of aryl methyl sites for hydroxylation is 1. The number of aliphatic hydroxyl groups excluding tert-OH is 1. The van der Waals surface area contributed by atoms with Crippen LogP contribution in [0.4, 0.5) is 0 Å². The third kappa shape index (κ3) is 3.57. The van der Waals surface area contributed by atoms with Crippen LogP contribution in [0.15, 0.2) is 30.6 Å². The quantitative estimate of drug-likeness (QED) is 0.860. The minimum absolute atomic E-state index is 0.242. The van der Waals surface area contributed by atoms with E-state index in [0.717, 1.165) is 25.1 Å². The normalized spacial score (nSPS) is 20.8. The Morgan fingerprint density at radius 2 is 2.24 bits per heavy atom. The lowest BCUT2D eigenvalue weighted by Crippen LogP contribution is -2.35. The van der Waals surface area contributed by atoms with Gasteiger partial charge in [0.15, 0.2) is 11.5 Å². The van der Waals surface area contributed by atoms with Crippen LogP contribution < -0.4 is 14.2 Å². The molecule has 0 spiro atoms. The lowest BCUT2D eigenvalue weighted by molar-refractivity contribution is 0.0637. The Morgan fingerprint density at radius 1 is 1.36 bits per heavy atom. The van der Waals surface area contributed by atoms with Crippen LogP contribution >= 0.6 is 0 Å². The Hall–Kier alpha value is -2.25. The van der Waals surface area contributed by atoms with E-state index in [0.29, 0.717) is 24.1 Å². The molecule has 4 rings (SSSR count). The van der Waals surface area contributed by atoms with Crippen molar-refractivity contribution in [3.63, 3.8) is 0 Å². The molecule has 7 heteroatoms. The summed E-state index contributed by atoms with van der Waals surface area (Å²) < 4.78 is 18.2. The number of likely N-dealkylation sites (tertiary alicyclic amines) is 1. The zero-order chi connectivity index (χ0) is 17.2. The maximum absolute atomic E-state index is 10.4. The van der Waals surface area contributed by atoms with Gasteiger partial charge in [0.2, 0.25) is 6.79 Å². The summed E-state index contributed by atoms with van der Waals surface area (Å²) in [5.74, 6) is 2.08. The Kier molecular flexibility index (Phi) is 4.50. The first-order chi connectivity index (χ1) is 12.2. The predicted molar refractivity (Wildman–Crippen MR) is 90.8 cm³/mol. The molecule has 0 unspecified atom stereocenters. The molecule has 0 amide bonds. The number of fused-ring (bicyclic) bond motifs is 1. The number of hydrogen-bond acceptors (Lipinski definition) is 6. The topological polar surface area (TPSA) is 69.0 Å². The second kappa shape index (κ2) is 6.93. The molecule has 25 heavy (non-hydrogen) atoms. The van der Waals surface area contributed by atoms with Gasteiger partial charge in [-0.3, -0.25) is 9.58 Å². The molecular formula is C18H23N3O4. The number of rotatable bonds is 6. The van der Waals surface area contributed by atoms with E-state index in [4.69, 9.17) is 14.2 Å². The Morgan fingerprint density at radius 3 is 3.08 bits per heavy atom. The second-order valence-corrected chi connectivity index (χ2v) is 6.58. The zero-order valence-electron chi connectivity index (χ0n) is 14.3. The van der Waals surface area contributed by atoms with Gasteiger partial charge >= 0.3 is 0 Å². The van der Waals surface area contributed by atoms with Gasteiger partial charge in [0.05, 0.1) is 6.20 Å². The van der Waals surface area contributed by atoms with Crippen molar-refractivity contribution in [1.82, 2.24) is 14.7 Å². The minimum atomic E-state index is -0.553. The van der Waals surface area contributed by atoms with Gasteiger partial charge < -0.3 is 19.3 Å². The van der Waals surface area contributed by atoms with E-state index in [1.807, 2.05) is 30.1 Å². The van der Waals surface area contributed by atoms with Gasteiger partial charge in [-0.15, -0.1) is 0 Å². The highest BCUT2D eigenvalue weighted by Crippen LogP contribution is 2.35. The van der Waals surface area contributed by atoms with Gasteiger partial charge in [-0.2, -0.15) is 5.10 Å². The monoisotopic (exact) mass is 345 g/mol. The van der Waals surface area contributed by atoms with E-state index in [9.17, 15) is 5.11 Å². The molecule has 1 fully saturated rings. The van der Waals surface area contributed by atoms with Crippen LogP contribution in [0.3, 0.4) is 0 Å². The average Bonchev–Trinajstić information content (AvgIpc) is 3.32. The summed E-state index contributed by atoms with van der Waals surface area (Å²) in [5, 5.41) is 14.7. The van der Waals surface area contributed by atoms with Gasteiger partial charge in [0.1, 0.15) is 18.5 Å². The highest BCUT2D eigenvalue weighted by molar-refractivity contribution is 5.46. The van der Waals surface area contributed by atoms with Crippen LogP contribution in [-0.2, 0) is 7.05 Å². The number of aliphatic hydroxyl groups is 1. The third-order valence-electron chi connectivity index (χ3n) is 4.70. The molecule has 1 N–H and O–H groups in total. The van der Waals surface area contributed by atoms with Crippen molar-refractivity contribution in [2.24, 2.45) is 7.05 Å². The maximum Gasteiger partial charge on any atom is 0.231 e. The number of nitrogens with zero attached hydrogens (tertiary/aromatic N) is 3. The van der Waals surface area contributed by atoms with Gasteiger partial charge in [-0.25, -0.2) is 0 Å². The Balaban J connectivity index is 1.31. The van der Waals surface area contributed by atoms with Crippen LogP contribution in [-0.4, -0.2) is 52.4 Å². The molecule has 134 valence electrons. The highest BCUT2D eigenvalue weighted by Gasteiger charge is 2.28. The van der Waals surface area contributed by atoms with E-state index < -0.39 is 6.10 Å². The summed E-state index contributed by atoms with van der Waals surface area (Å²) in [6.45, 7) is 2.06. The van der Waals surface area contributed by atoms with E-state index in [1.165, 1.54) is 5.56 Å². The van der Waals surface area contributed by atoms with E-state index in [1.54, 1.807) is 6.07 Å². The van der Waals surface area contributed by atoms with E-state index in [-0.39, 0.29) is 13.4 Å². The minimum Gasteiger partial charge on any atom is -0.491 e. The average molecular weight is 345 g/mol. The molecule has 2 aromatic rings. The van der Waals surface area contributed by atoms with Gasteiger partial charge in [0, 0.05) is 37.5 Å². The molecule has 1 aromatic carbocycles. The molecule has 3 heterocycles. The molecular weight excluding hydrogens is 322 g/mol. The van der Waals surface area contributed by atoms with Crippen molar-refractivity contribution in [2.75, 3.05) is 26.5 Å². The fraction of sp³-hybridized carbons (Fsp3) is 0.500. The smallest absolute Gasteiger partial charge is 0.231 e. The standard InChI is InChI=1S/C18H23N3O4/c1-20-9-13(8-19-20)16-3-2-6-21(16)10-14(22)11-23-15-4-5-17-18(7-15)25-12-24-17/h4-5,7-9,14,16,22H,2-3,6,10-12H2,1H3/t14-,16-/m1/s1. The van der Waals surface area contributed by atoms with E-state index in [2.05, 4.69) is 16.2 Å². The highest BCUT2D eigenvalue weighted by atomic mass is 16.7. The molecule has 7 nitrogen and oxygen atoms in total. The molecule has 2 atom stereocenters. The van der Waals surface area contributed by atoms with Crippen LogP contribution in [0, 0.1) is 0 Å². The number of benzene rings is 1. The largest absolute Gasteiger partial charge is 0.491 e. The van der Waals surface area contributed by atoms with Gasteiger partial charge in [-0.05, 0) is 31.5 Å². The van der Waals surface area contributed by atoms with E-state index >= 15 is 0 Å². The summed E-state index contributed by atoms with van der Waals surface area (Å²) in [6, 6.07) is 5.77.